The highest BCUT2D eigenvalue weighted by Crippen LogP contribution is 2.18. The van der Waals surface area contributed by atoms with Crippen LogP contribution in [0.4, 0.5) is 0 Å². The van der Waals surface area contributed by atoms with Gasteiger partial charge in [-0.2, -0.15) is 0 Å². The van der Waals surface area contributed by atoms with Gasteiger partial charge >= 0.3 is 0 Å². The summed E-state index contributed by atoms with van der Waals surface area (Å²) in [4.78, 5) is 0. The molecule has 0 spiro atoms. The summed E-state index contributed by atoms with van der Waals surface area (Å²) in [6.45, 7) is 4.53. The predicted octanol–water partition coefficient (Wildman–Crippen LogP) is 6.27. The minimum atomic E-state index is 0.510. The molecule has 0 amide bonds. The summed E-state index contributed by atoms with van der Waals surface area (Å²) in [5.41, 5.74) is 1.38. The lowest BCUT2D eigenvalue weighted by molar-refractivity contribution is 0.864. The second kappa shape index (κ2) is 6.25. The van der Waals surface area contributed by atoms with E-state index in [1.54, 1.807) is 0 Å². The third kappa shape index (κ3) is 2.52. The van der Waals surface area contributed by atoms with E-state index < -0.39 is 0 Å². The van der Waals surface area contributed by atoms with Crippen LogP contribution >= 0.6 is 0 Å². The molecule has 5 rings (SSSR count). The molecule has 0 unspecified atom stereocenters. The Kier molecular flexibility index (Phi) is 3.72. The molecule has 0 fully saturated rings. The van der Waals surface area contributed by atoms with Crippen molar-refractivity contribution in [3.63, 3.8) is 0 Å². The number of fused-ring (bicyclic) bond motifs is 4. The van der Waals surface area contributed by atoms with Crippen LogP contribution in [0.5, 0.6) is 0 Å². The average Bonchev–Trinajstić information content (AvgIpc) is 2.72. The van der Waals surface area contributed by atoms with Gasteiger partial charge in [-0.15, -0.1) is 0 Å². The van der Waals surface area contributed by atoms with Gasteiger partial charge in [0, 0.05) is 0 Å². The molecule has 0 nitrogen and oxygen atoms in total. The van der Waals surface area contributed by atoms with Crippen molar-refractivity contribution in [1.82, 2.24) is 0 Å². The van der Waals surface area contributed by atoms with Gasteiger partial charge in [0.15, 0.2) is 0 Å². The Morgan fingerprint density at radius 2 is 0.741 bits per heavy atom. The fraction of sp³-hybridized carbons (Fsp3) is 0.111. The second-order valence-corrected chi connectivity index (χ2v) is 7.60. The molecule has 130 valence electrons. The van der Waals surface area contributed by atoms with E-state index in [1.807, 2.05) is 0 Å². The number of hydrogen-bond donors (Lipinski definition) is 0. The van der Waals surface area contributed by atoms with Crippen LogP contribution in [0.1, 0.15) is 25.3 Å². The first-order valence-electron chi connectivity index (χ1n) is 9.66. The third-order valence-electron chi connectivity index (χ3n) is 5.65. The molecule has 4 aromatic rings. The van der Waals surface area contributed by atoms with Gasteiger partial charge in [0.25, 0.3) is 0 Å². The summed E-state index contributed by atoms with van der Waals surface area (Å²) >= 11 is 0. The maximum Gasteiger partial charge on any atom is -0.00961 e. The Hall–Kier alpha value is -3.12. The largest absolute Gasteiger partial charge is 0.0616 e. The van der Waals surface area contributed by atoms with Crippen molar-refractivity contribution >= 4 is 0 Å². The zero-order valence-corrected chi connectivity index (χ0v) is 15.7. The van der Waals surface area contributed by atoms with Crippen LogP contribution in [0.15, 0.2) is 91.0 Å². The Morgan fingerprint density at radius 3 is 1.11 bits per heavy atom. The van der Waals surface area contributed by atoms with Gasteiger partial charge in [-0.3, -0.25) is 0 Å². The van der Waals surface area contributed by atoms with Gasteiger partial charge in [-0.05, 0) is 53.2 Å². The highest BCUT2D eigenvalue weighted by atomic mass is 14.1. The topological polar surface area (TPSA) is 0 Å². The van der Waals surface area contributed by atoms with Gasteiger partial charge in [0.1, 0.15) is 0 Å². The van der Waals surface area contributed by atoms with Crippen molar-refractivity contribution in [2.75, 3.05) is 0 Å². The molecule has 0 radical (unpaired) electrons. The number of hydrogen-bond acceptors (Lipinski definition) is 0. The lowest BCUT2D eigenvalue weighted by atomic mass is 9.97. The molecule has 0 heterocycles. The molecule has 0 atom stereocenters. The van der Waals surface area contributed by atoms with Crippen molar-refractivity contribution in [3.8, 4) is 0 Å². The molecule has 0 aliphatic heterocycles. The molecule has 0 saturated carbocycles. The van der Waals surface area contributed by atoms with Crippen molar-refractivity contribution < 1.29 is 0 Å². The van der Waals surface area contributed by atoms with E-state index in [0.29, 0.717) is 5.92 Å². The van der Waals surface area contributed by atoms with Crippen molar-refractivity contribution in [3.05, 3.63) is 138 Å². The molecular weight excluding hydrogens is 324 g/mol. The lowest BCUT2D eigenvalue weighted by Crippen LogP contribution is -1.92. The van der Waals surface area contributed by atoms with Crippen LogP contribution in [-0.2, 0) is 0 Å². The number of rotatable bonds is 1. The Bertz CT molecular complexity index is 1540. The molecule has 0 aromatic heterocycles. The van der Waals surface area contributed by atoms with E-state index in [-0.39, 0.29) is 0 Å². The summed E-state index contributed by atoms with van der Waals surface area (Å²) in [7, 11) is 0. The quantitative estimate of drug-likeness (QED) is 0.335. The summed E-state index contributed by atoms with van der Waals surface area (Å²) in [6, 6.07) is 33.4. The van der Waals surface area contributed by atoms with Crippen LogP contribution in [0.3, 0.4) is 0 Å². The molecule has 0 heteroatoms. The molecule has 0 saturated heterocycles. The highest BCUT2D eigenvalue weighted by Gasteiger charge is 2.03. The minimum absolute atomic E-state index is 0.510. The fourth-order valence-corrected chi connectivity index (χ4v) is 4.24. The summed E-state index contributed by atoms with van der Waals surface area (Å²) < 4.78 is 0. The van der Waals surface area contributed by atoms with E-state index in [2.05, 4.69) is 105 Å². The predicted molar refractivity (Wildman–Crippen MR) is 111 cm³/mol. The molecule has 4 aromatic carbocycles. The van der Waals surface area contributed by atoms with E-state index in [4.69, 9.17) is 0 Å². The van der Waals surface area contributed by atoms with Crippen LogP contribution in [0.2, 0.25) is 0 Å². The third-order valence-corrected chi connectivity index (χ3v) is 5.65. The Labute approximate surface area is 158 Å². The molecule has 27 heavy (non-hydrogen) atoms. The Balaban J connectivity index is 2.35. The number of benzene rings is 4. The molecule has 0 bridgehead atoms. The zero-order chi connectivity index (χ0) is 18.4. The van der Waals surface area contributed by atoms with Crippen molar-refractivity contribution in [2.24, 2.45) is 0 Å². The standard InChI is InChI=1S/C27H22/c1-18(2)19-15-16-26-24-13-6-5-11-22(24)20-9-3-4-10-21(20)23-12-7-8-14-25(23)27(26)17-19/h3-18H,1-2H3/b22-20-,23-21-,26-24-,27-25-. The fourth-order valence-electron chi connectivity index (χ4n) is 4.24. The van der Waals surface area contributed by atoms with Crippen molar-refractivity contribution in [1.29, 1.82) is 0 Å². The van der Waals surface area contributed by atoms with E-state index in [1.165, 1.54) is 47.3 Å². The lowest BCUT2D eigenvalue weighted by Gasteiger charge is -2.07. The summed E-state index contributed by atoms with van der Waals surface area (Å²) in [5.74, 6) is 0.510. The second-order valence-electron chi connectivity index (χ2n) is 7.60. The van der Waals surface area contributed by atoms with E-state index >= 15 is 0 Å². The molecule has 1 aliphatic rings. The van der Waals surface area contributed by atoms with Gasteiger partial charge in [0.2, 0.25) is 0 Å². The smallest absolute Gasteiger partial charge is 0.00961 e. The maximum atomic E-state index is 2.39. The van der Waals surface area contributed by atoms with Crippen LogP contribution < -0.4 is 0 Å². The minimum Gasteiger partial charge on any atom is -0.0616 e. The normalized spacial score (nSPS) is 17.0. The maximum absolute atomic E-state index is 2.39. The molecule has 1 aliphatic carbocycles. The van der Waals surface area contributed by atoms with Gasteiger partial charge in [-0.25, -0.2) is 0 Å². The van der Waals surface area contributed by atoms with Crippen LogP contribution in [-0.4, -0.2) is 0 Å². The van der Waals surface area contributed by atoms with Gasteiger partial charge in [-0.1, -0.05) is 105 Å². The van der Waals surface area contributed by atoms with E-state index in [9.17, 15) is 0 Å². The van der Waals surface area contributed by atoms with Crippen molar-refractivity contribution in [2.45, 2.75) is 19.8 Å². The summed E-state index contributed by atoms with van der Waals surface area (Å²) in [6.07, 6.45) is 0. The first-order chi connectivity index (χ1) is 13.2. The van der Waals surface area contributed by atoms with Crippen LogP contribution in [0.25, 0.3) is 0 Å². The van der Waals surface area contributed by atoms with E-state index in [0.717, 1.165) is 0 Å². The van der Waals surface area contributed by atoms with Gasteiger partial charge < -0.3 is 0 Å². The zero-order valence-electron chi connectivity index (χ0n) is 15.7. The average molecular weight is 346 g/mol. The monoisotopic (exact) mass is 346 g/mol. The first-order valence-corrected chi connectivity index (χ1v) is 9.66. The highest BCUT2D eigenvalue weighted by molar-refractivity contribution is 5.32. The van der Waals surface area contributed by atoms with Gasteiger partial charge in [0.05, 0.1) is 0 Å². The molecule has 0 N–H and O–H groups in total. The molecular formula is C27H22. The summed E-state index contributed by atoms with van der Waals surface area (Å²) in [5, 5.41) is 10.5. The SMILES string of the molecule is CC(C)c1ccc2/c(c1)=c1/cccc/c1=c1\cccc\c1=c1/cccc/c1=2. The Morgan fingerprint density at radius 1 is 0.407 bits per heavy atom. The first kappa shape index (κ1) is 16.1. The van der Waals surface area contributed by atoms with Crippen LogP contribution in [0, 0.1) is 41.7 Å².